The zero-order valence-electron chi connectivity index (χ0n) is 10.1. The molecule has 0 unspecified atom stereocenters. The Balaban J connectivity index is 2.70. The predicted octanol–water partition coefficient (Wildman–Crippen LogP) is 3.47. The number of Topliss-reactive ketones (excluding diaryl/α,β-unsaturated/α-hetero) is 1. The smallest absolute Gasteiger partial charge is 0.169 e. The first kappa shape index (κ1) is 14.6. The van der Waals surface area contributed by atoms with Gasteiger partial charge in [0.2, 0.25) is 0 Å². The van der Waals surface area contributed by atoms with Gasteiger partial charge in [-0.3, -0.25) is 4.79 Å². The van der Waals surface area contributed by atoms with Crippen LogP contribution in [0.15, 0.2) is 30.3 Å². The van der Waals surface area contributed by atoms with Gasteiger partial charge in [-0.2, -0.15) is 0 Å². The minimum atomic E-state index is -0.514. The molecule has 0 aliphatic carbocycles. The molecule has 2 atom stereocenters. The molecule has 94 valence electrons. The molecule has 0 aliphatic heterocycles. The van der Waals surface area contributed by atoms with E-state index in [4.69, 9.17) is 0 Å². The second-order valence-electron chi connectivity index (χ2n) is 4.20. The van der Waals surface area contributed by atoms with Crippen LogP contribution in [0, 0.1) is 5.92 Å². The van der Waals surface area contributed by atoms with Gasteiger partial charge in [0.25, 0.3) is 0 Å². The Hall–Kier alpha value is -0.420. The van der Waals surface area contributed by atoms with Gasteiger partial charge in [-0.05, 0) is 6.42 Å². The molecule has 1 N–H and O–H groups in total. The normalized spacial score (nSPS) is 14.3. The molecule has 0 bridgehead atoms. The summed E-state index contributed by atoms with van der Waals surface area (Å²) in [6, 6.07) is 9.23. The van der Waals surface area contributed by atoms with Crippen LogP contribution in [-0.4, -0.2) is 21.4 Å². The number of aliphatic hydroxyl groups excluding tert-OH is 1. The van der Waals surface area contributed by atoms with Gasteiger partial charge in [-0.15, -0.1) is 0 Å². The van der Waals surface area contributed by atoms with Gasteiger partial charge < -0.3 is 5.11 Å². The molecule has 0 amide bonds. The van der Waals surface area contributed by atoms with Crippen molar-refractivity contribution in [2.45, 2.75) is 32.3 Å². The fraction of sp³-hybridized carbons (Fsp3) is 0.500. The molecule has 0 aromatic heterocycles. The van der Waals surface area contributed by atoms with Crippen LogP contribution >= 0.6 is 22.6 Å². The number of hydrogen-bond acceptors (Lipinski definition) is 2. The highest BCUT2D eigenvalue weighted by atomic mass is 127. The van der Waals surface area contributed by atoms with Crippen LogP contribution in [0.3, 0.4) is 0 Å². The van der Waals surface area contributed by atoms with E-state index in [1.54, 1.807) is 0 Å². The van der Waals surface area contributed by atoms with Crippen LogP contribution in [0.5, 0.6) is 0 Å². The Kier molecular flexibility index (Phi) is 6.73. The van der Waals surface area contributed by atoms with Crippen molar-refractivity contribution >= 4 is 28.4 Å². The van der Waals surface area contributed by atoms with E-state index in [0.29, 0.717) is 16.4 Å². The summed E-state index contributed by atoms with van der Waals surface area (Å²) in [6.45, 7) is 2.09. The molecule has 0 radical (unpaired) electrons. The lowest BCUT2D eigenvalue weighted by Gasteiger charge is -2.19. The van der Waals surface area contributed by atoms with Gasteiger partial charge in [0.1, 0.15) is 0 Å². The summed E-state index contributed by atoms with van der Waals surface area (Å²) >= 11 is 2.18. The highest BCUT2D eigenvalue weighted by Crippen LogP contribution is 2.19. The Bertz CT molecular complexity index is 337. The van der Waals surface area contributed by atoms with Crippen LogP contribution < -0.4 is 0 Å². The van der Waals surface area contributed by atoms with Crippen molar-refractivity contribution in [1.29, 1.82) is 0 Å². The predicted molar refractivity (Wildman–Crippen MR) is 78.7 cm³/mol. The number of rotatable bonds is 7. The number of ketones is 1. The minimum Gasteiger partial charge on any atom is -0.392 e. The number of alkyl halides is 1. The van der Waals surface area contributed by atoms with E-state index in [1.165, 1.54) is 0 Å². The van der Waals surface area contributed by atoms with Crippen molar-refractivity contribution in [3.63, 3.8) is 0 Å². The van der Waals surface area contributed by atoms with Crippen LogP contribution in [0.2, 0.25) is 0 Å². The summed E-state index contributed by atoms with van der Waals surface area (Å²) in [5, 5.41) is 10.0. The molecule has 0 spiro atoms. The molecule has 2 nitrogen and oxygen atoms in total. The molecular weight excluding hydrogens is 327 g/mol. The van der Waals surface area contributed by atoms with Gasteiger partial charge >= 0.3 is 0 Å². The Labute approximate surface area is 117 Å². The number of hydrogen-bond donors (Lipinski definition) is 1. The van der Waals surface area contributed by atoms with E-state index in [-0.39, 0.29) is 11.7 Å². The lowest BCUT2D eigenvalue weighted by Crippen LogP contribution is -2.29. The number of aliphatic hydroxyl groups is 1. The van der Waals surface area contributed by atoms with Crippen molar-refractivity contribution < 1.29 is 9.90 Å². The van der Waals surface area contributed by atoms with E-state index < -0.39 is 6.10 Å². The lowest BCUT2D eigenvalue weighted by molar-refractivity contribution is 0.0700. The molecule has 3 heteroatoms. The fourth-order valence-corrected chi connectivity index (χ4v) is 2.77. The molecule has 0 saturated heterocycles. The van der Waals surface area contributed by atoms with E-state index >= 15 is 0 Å². The Morgan fingerprint density at radius 2 is 2.00 bits per heavy atom. The van der Waals surface area contributed by atoms with Gasteiger partial charge in [0, 0.05) is 9.99 Å². The van der Waals surface area contributed by atoms with Crippen LogP contribution in [-0.2, 0) is 0 Å². The molecule has 1 aromatic carbocycles. The Morgan fingerprint density at radius 1 is 1.35 bits per heavy atom. The van der Waals surface area contributed by atoms with Crippen LogP contribution in [0.1, 0.15) is 36.5 Å². The molecule has 1 aromatic rings. The molecular formula is C14H19IO2. The quantitative estimate of drug-likeness (QED) is 0.466. The monoisotopic (exact) mass is 346 g/mol. The van der Waals surface area contributed by atoms with E-state index in [2.05, 4.69) is 29.5 Å². The largest absolute Gasteiger partial charge is 0.392 e. The maximum Gasteiger partial charge on any atom is 0.169 e. The van der Waals surface area contributed by atoms with E-state index in [0.717, 1.165) is 12.8 Å². The third-order valence-electron chi connectivity index (χ3n) is 2.88. The average Bonchev–Trinajstić information content (AvgIpc) is 2.38. The highest BCUT2D eigenvalue weighted by Gasteiger charge is 2.25. The third kappa shape index (κ3) is 4.39. The van der Waals surface area contributed by atoms with Gasteiger partial charge in [-0.25, -0.2) is 0 Å². The van der Waals surface area contributed by atoms with Crippen molar-refractivity contribution in [2.24, 2.45) is 5.92 Å². The average molecular weight is 346 g/mol. The molecule has 17 heavy (non-hydrogen) atoms. The number of benzene rings is 1. The second-order valence-corrected chi connectivity index (χ2v) is 5.08. The molecule has 1 rings (SSSR count). The molecule has 0 aliphatic rings. The minimum absolute atomic E-state index is 0.0589. The second kappa shape index (κ2) is 7.82. The van der Waals surface area contributed by atoms with Crippen LogP contribution in [0.4, 0.5) is 0 Å². The SMILES string of the molecule is CCCC[C@H](O)[C@@H](CI)C(=O)c1ccccc1. The first-order valence-electron chi connectivity index (χ1n) is 6.04. The van der Waals surface area contributed by atoms with Crippen LogP contribution in [0.25, 0.3) is 0 Å². The number of unbranched alkanes of at least 4 members (excludes halogenated alkanes) is 1. The molecule has 0 fully saturated rings. The summed E-state index contributed by atoms with van der Waals surface area (Å²) in [7, 11) is 0. The first-order valence-corrected chi connectivity index (χ1v) is 7.56. The van der Waals surface area contributed by atoms with Crippen molar-refractivity contribution in [1.82, 2.24) is 0 Å². The van der Waals surface area contributed by atoms with Crippen molar-refractivity contribution in [3.8, 4) is 0 Å². The van der Waals surface area contributed by atoms with E-state index in [9.17, 15) is 9.90 Å². The topological polar surface area (TPSA) is 37.3 Å². The number of carbonyl (C=O) groups excluding carboxylic acids is 1. The lowest BCUT2D eigenvalue weighted by atomic mass is 9.91. The molecule has 0 saturated carbocycles. The van der Waals surface area contributed by atoms with Gasteiger partial charge in [0.05, 0.1) is 12.0 Å². The summed E-state index contributed by atoms with van der Waals surface area (Å²) in [5.74, 6) is -0.215. The van der Waals surface area contributed by atoms with Gasteiger partial charge in [0.15, 0.2) is 5.78 Å². The number of carbonyl (C=O) groups is 1. The van der Waals surface area contributed by atoms with Crippen molar-refractivity contribution in [3.05, 3.63) is 35.9 Å². The zero-order chi connectivity index (χ0) is 12.7. The summed E-state index contributed by atoms with van der Waals surface area (Å²) in [5.41, 5.74) is 0.699. The Morgan fingerprint density at radius 3 is 2.53 bits per heavy atom. The maximum absolute atomic E-state index is 12.2. The fourth-order valence-electron chi connectivity index (χ4n) is 1.78. The molecule has 0 heterocycles. The summed E-state index contributed by atoms with van der Waals surface area (Å²) in [6.07, 6.45) is 2.21. The van der Waals surface area contributed by atoms with Crippen molar-refractivity contribution in [2.75, 3.05) is 4.43 Å². The van der Waals surface area contributed by atoms with Gasteiger partial charge in [-0.1, -0.05) is 72.7 Å². The standard InChI is InChI=1S/C14H19IO2/c1-2-3-9-13(16)12(10-15)14(17)11-7-5-4-6-8-11/h4-8,12-13,16H,2-3,9-10H2,1H3/t12-,13+/m1/s1. The third-order valence-corrected chi connectivity index (χ3v) is 3.83. The number of halogens is 1. The summed E-state index contributed by atoms with van der Waals surface area (Å²) in [4.78, 5) is 12.2. The summed E-state index contributed by atoms with van der Waals surface area (Å²) < 4.78 is 0.663. The maximum atomic E-state index is 12.2. The highest BCUT2D eigenvalue weighted by molar-refractivity contribution is 14.1. The first-order chi connectivity index (χ1) is 8.20. The zero-order valence-corrected chi connectivity index (χ0v) is 12.3. The van der Waals surface area contributed by atoms with E-state index in [1.807, 2.05) is 30.3 Å².